The Bertz CT molecular complexity index is 294. The maximum absolute atomic E-state index is 5.38. The number of halogens is 1. The van der Waals surface area contributed by atoms with Crippen molar-refractivity contribution < 1.29 is 0 Å². The molecule has 72 valence electrons. The Morgan fingerprint density at radius 2 is 2.23 bits per heavy atom. The molecule has 0 fully saturated rings. The molecular formula is C8H13IN4. The lowest BCUT2D eigenvalue weighted by atomic mass is 10.3. The first-order valence-electron chi connectivity index (χ1n) is 3.72. The van der Waals surface area contributed by atoms with Gasteiger partial charge >= 0.3 is 0 Å². The number of aliphatic imine (C=N–C) groups is 1. The fourth-order valence-corrected chi connectivity index (χ4v) is 0.802. The van der Waals surface area contributed by atoms with Crippen molar-refractivity contribution in [2.75, 3.05) is 0 Å². The van der Waals surface area contributed by atoms with Crippen LogP contribution >= 0.6 is 24.0 Å². The van der Waals surface area contributed by atoms with E-state index in [1.54, 1.807) is 6.92 Å². The molecule has 0 unspecified atom stereocenters. The van der Waals surface area contributed by atoms with Gasteiger partial charge in [-0.2, -0.15) is 0 Å². The van der Waals surface area contributed by atoms with Crippen molar-refractivity contribution in [3.8, 4) is 0 Å². The predicted molar refractivity (Wildman–Crippen MR) is 63.2 cm³/mol. The lowest BCUT2D eigenvalue weighted by Gasteiger charge is -1.96. The van der Waals surface area contributed by atoms with Gasteiger partial charge in [0.15, 0.2) is 0 Å². The first-order valence-corrected chi connectivity index (χ1v) is 3.72. The lowest BCUT2D eigenvalue weighted by molar-refractivity contribution is 0.944. The van der Waals surface area contributed by atoms with Crippen molar-refractivity contribution in [2.24, 2.45) is 10.7 Å². The number of amidine groups is 1. The van der Waals surface area contributed by atoms with E-state index in [2.05, 4.69) is 15.0 Å². The van der Waals surface area contributed by atoms with Crippen LogP contribution < -0.4 is 5.73 Å². The average Bonchev–Trinajstić information content (AvgIpc) is 2.01. The zero-order chi connectivity index (χ0) is 8.97. The number of hydrogen-bond acceptors (Lipinski definition) is 3. The Labute approximate surface area is 94.7 Å². The molecule has 0 aliphatic heterocycles. The second-order valence-electron chi connectivity index (χ2n) is 2.61. The molecule has 0 radical (unpaired) electrons. The molecule has 13 heavy (non-hydrogen) atoms. The van der Waals surface area contributed by atoms with E-state index in [1.807, 2.05) is 13.0 Å². The second kappa shape index (κ2) is 5.85. The molecule has 0 atom stereocenters. The Hall–Kier alpha value is -0.720. The van der Waals surface area contributed by atoms with Crippen LogP contribution in [-0.4, -0.2) is 15.8 Å². The van der Waals surface area contributed by atoms with Gasteiger partial charge in [-0.3, -0.25) is 4.99 Å². The van der Waals surface area contributed by atoms with Crippen LogP contribution in [0.3, 0.4) is 0 Å². The quantitative estimate of drug-likeness (QED) is 0.507. The second-order valence-corrected chi connectivity index (χ2v) is 2.61. The molecule has 1 aromatic heterocycles. The number of nitrogens with zero attached hydrogens (tertiary/aromatic N) is 3. The maximum Gasteiger partial charge on any atom is 0.115 e. The van der Waals surface area contributed by atoms with Crippen LogP contribution in [-0.2, 0) is 6.54 Å². The number of hydrogen-bond donors (Lipinski definition) is 1. The van der Waals surface area contributed by atoms with Crippen LogP contribution in [0.2, 0.25) is 0 Å². The molecule has 1 rings (SSSR count). The van der Waals surface area contributed by atoms with Crippen LogP contribution in [0.25, 0.3) is 0 Å². The minimum absolute atomic E-state index is 0. The highest BCUT2D eigenvalue weighted by Crippen LogP contribution is 1.97. The Morgan fingerprint density at radius 1 is 1.54 bits per heavy atom. The third-order valence-corrected chi connectivity index (χ3v) is 1.35. The highest BCUT2D eigenvalue weighted by Gasteiger charge is 1.92. The van der Waals surface area contributed by atoms with E-state index in [0.717, 1.165) is 11.4 Å². The number of nitrogens with two attached hydrogens (primary N) is 1. The summed E-state index contributed by atoms with van der Waals surface area (Å²) in [5, 5.41) is 0. The summed E-state index contributed by atoms with van der Waals surface area (Å²) >= 11 is 0. The van der Waals surface area contributed by atoms with Gasteiger partial charge in [-0.15, -0.1) is 24.0 Å². The summed E-state index contributed by atoms with van der Waals surface area (Å²) in [4.78, 5) is 12.1. The zero-order valence-electron chi connectivity index (χ0n) is 7.69. The highest BCUT2D eigenvalue weighted by molar-refractivity contribution is 14.0. The molecule has 2 N–H and O–H groups in total. The molecule has 0 aliphatic rings. The third-order valence-electron chi connectivity index (χ3n) is 1.35. The van der Waals surface area contributed by atoms with Gasteiger partial charge in [-0.1, -0.05) is 0 Å². The van der Waals surface area contributed by atoms with Crippen LogP contribution in [0.5, 0.6) is 0 Å². The van der Waals surface area contributed by atoms with Gasteiger partial charge in [-0.25, -0.2) is 9.97 Å². The monoisotopic (exact) mass is 292 g/mol. The molecule has 1 heterocycles. The smallest absolute Gasteiger partial charge is 0.115 e. The van der Waals surface area contributed by atoms with Gasteiger partial charge in [-0.05, 0) is 19.9 Å². The SMILES string of the molecule is CC(N)=NCc1cc(C)ncn1.I. The summed E-state index contributed by atoms with van der Waals surface area (Å²) in [5.41, 5.74) is 7.23. The normalized spacial score (nSPS) is 10.8. The first kappa shape index (κ1) is 12.3. The summed E-state index contributed by atoms with van der Waals surface area (Å²) in [6, 6.07) is 1.90. The van der Waals surface area contributed by atoms with E-state index in [4.69, 9.17) is 5.73 Å². The molecule has 5 heteroatoms. The summed E-state index contributed by atoms with van der Waals surface area (Å²) < 4.78 is 0. The van der Waals surface area contributed by atoms with Crippen LogP contribution in [0, 0.1) is 6.92 Å². The Morgan fingerprint density at radius 3 is 2.77 bits per heavy atom. The summed E-state index contributed by atoms with van der Waals surface area (Å²) in [6.07, 6.45) is 1.53. The van der Waals surface area contributed by atoms with Crippen LogP contribution in [0.4, 0.5) is 0 Å². The van der Waals surface area contributed by atoms with E-state index >= 15 is 0 Å². The summed E-state index contributed by atoms with van der Waals surface area (Å²) in [5.74, 6) is 0.575. The highest BCUT2D eigenvalue weighted by atomic mass is 127. The van der Waals surface area contributed by atoms with Crippen molar-refractivity contribution in [1.29, 1.82) is 0 Å². The molecule has 0 aromatic carbocycles. The van der Waals surface area contributed by atoms with Crippen molar-refractivity contribution in [2.45, 2.75) is 20.4 Å². The van der Waals surface area contributed by atoms with E-state index in [9.17, 15) is 0 Å². The van der Waals surface area contributed by atoms with E-state index < -0.39 is 0 Å². The summed E-state index contributed by atoms with van der Waals surface area (Å²) in [7, 11) is 0. The molecule has 0 aliphatic carbocycles. The number of rotatable bonds is 2. The fourth-order valence-electron chi connectivity index (χ4n) is 0.802. The summed E-state index contributed by atoms with van der Waals surface area (Å²) in [6.45, 7) is 4.21. The Balaban J connectivity index is 0.00000144. The molecular weight excluding hydrogens is 279 g/mol. The fraction of sp³-hybridized carbons (Fsp3) is 0.375. The van der Waals surface area contributed by atoms with Gasteiger partial charge in [0.25, 0.3) is 0 Å². The van der Waals surface area contributed by atoms with E-state index in [-0.39, 0.29) is 24.0 Å². The molecule has 0 saturated carbocycles. The maximum atomic E-state index is 5.38. The molecule has 1 aromatic rings. The largest absolute Gasteiger partial charge is 0.388 e. The van der Waals surface area contributed by atoms with Gasteiger partial charge in [0.2, 0.25) is 0 Å². The lowest BCUT2D eigenvalue weighted by Crippen LogP contribution is -2.05. The van der Waals surface area contributed by atoms with E-state index in [0.29, 0.717) is 12.4 Å². The number of aryl methyl sites for hydroxylation is 1. The van der Waals surface area contributed by atoms with Gasteiger partial charge < -0.3 is 5.73 Å². The van der Waals surface area contributed by atoms with Crippen molar-refractivity contribution in [3.05, 3.63) is 23.8 Å². The minimum Gasteiger partial charge on any atom is -0.388 e. The standard InChI is InChI=1S/C8H12N4.HI/c1-6-3-8(12-5-11-6)4-10-7(2)9;/h3,5H,4H2,1-2H3,(H2,9,10);1H. The molecule has 0 amide bonds. The van der Waals surface area contributed by atoms with Gasteiger partial charge in [0.05, 0.1) is 18.1 Å². The minimum atomic E-state index is 0. The zero-order valence-corrected chi connectivity index (χ0v) is 10.0. The van der Waals surface area contributed by atoms with Crippen LogP contribution in [0.1, 0.15) is 18.3 Å². The molecule has 4 nitrogen and oxygen atoms in total. The van der Waals surface area contributed by atoms with E-state index in [1.165, 1.54) is 6.33 Å². The topological polar surface area (TPSA) is 64.2 Å². The third kappa shape index (κ3) is 4.76. The van der Waals surface area contributed by atoms with Crippen molar-refractivity contribution in [1.82, 2.24) is 9.97 Å². The van der Waals surface area contributed by atoms with Gasteiger partial charge in [0.1, 0.15) is 6.33 Å². The Kier molecular flexibility index (Phi) is 5.52. The molecule has 0 saturated heterocycles. The first-order chi connectivity index (χ1) is 5.68. The van der Waals surface area contributed by atoms with Crippen LogP contribution in [0.15, 0.2) is 17.4 Å². The van der Waals surface area contributed by atoms with Gasteiger partial charge in [0, 0.05) is 5.69 Å². The number of aromatic nitrogens is 2. The van der Waals surface area contributed by atoms with Crippen molar-refractivity contribution >= 4 is 29.8 Å². The molecule has 0 bridgehead atoms. The predicted octanol–water partition coefficient (Wildman–Crippen LogP) is 1.28. The molecule has 0 spiro atoms. The average molecular weight is 292 g/mol. The van der Waals surface area contributed by atoms with Crippen molar-refractivity contribution in [3.63, 3.8) is 0 Å².